The van der Waals surface area contributed by atoms with Gasteiger partial charge in [0.1, 0.15) is 0 Å². The van der Waals surface area contributed by atoms with Gasteiger partial charge in [0, 0.05) is 17.4 Å². The summed E-state index contributed by atoms with van der Waals surface area (Å²) in [5.74, 6) is 0. The van der Waals surface area contributed by atoms with Gasteiger partial charge >= 0.3 is 0 Å². The third-order valence-corrected chi connectivity index (χ3v) is 3.79. The van der Waals surface area contributed by atoms with Gasteiger partial charge < -0.3 is 5.73 Å². The van der Waals surface area contributed by atoms with Crippen molar-refractivity contribution in [3.8, 4) is 5.69 Å². The van der Waals surface area contributed by atoms with Crippen molar-refractivity contribution in [3.63, 3.8) is 0 Å². The number of hydrogen-bond acceptors (Lipinski definition) is 4. The molecule has 6 nitrogen and oxygen atoms in total. The van der Waals surface area contributed by atoms with Crippen molar-refractivity contribution in [1.82, 2.24) is 9.78 Å². The zero-order chi connectivity index (χ0) is 19.8. The maximum absolute atomic E-state index is 11.4. The molecule has 4 aromatic rings. The molecule has 0 radical (unpaired) electrons. The second-order valence-electron chi connectivity index (χ2n) is 6.08. The molecule has 0 spiro atoms. The van der Waals surface area contributed by atoms with E-state index in [2.05, 4.69) is 15.3 Å². The van der Waals surface area contributed by atoms with E-state index in [1.165, 1.54) is 4.68 Å². The minimum atomic E-state index is -0.0244. The first-order valence-electron chi connectivity index (χ1n) is 8.78. The van der Waals surface area contributed by atoms with Crippen LogP contribution in [0.4, 0.5) is 17.1 Å². The molecule has 1 heterocycles. The van der Waals surface area contributed by atoms with Crippen LogP contribution in [0.15, 0.2) is 106 Å². The first-order valence-corrected chi connectivity index (χ1v) is 8.78. The number of nitrogens with zero attached hydrogens (tertiary/aromatic N) is 3. The molecular formula is C22H21N5O. The number of nitrogen functional groups attached to an aromatic ring is 1. The molecule has 0 bridgehead atoms. The lowest BCUT2D eigenvalue weighted by Gasteiger charge is -1.99. The van der Waals surface area contributed by atoms with Crippen LogP contribution in [0.1, 0.15) is 5.69 Å². The van der Waals surface area contributed by atoms with E-state index in [1.807, 2.05) is 79.7 Å². The van der Waals surface area contributed by atoms with Crippen molar-refractivity contribution < 1.29 is 0 Å². The number of rotatable bonds is 3. The fraction of sp³-hybridized carbons (Fsp3) is 0.0455. The Labute approximate surface area is 163 Å². The molecule has 3 N–H and O–H groups in total. The molecule has 0 aliphatic heterocycles. The SMILES string of the molecule is Cc1cc(=O)n(-c2ccccc2)[nH]1.Nc1ccc(N=Nc2ccccc2)cc1. The highest BCUT2D eigenvalue weighted by Crippen LogP contribution is 2.18. The zero-order valence-corrected chi connectivity index (χ0v) is 15.5. The van der Waals surface area contributed by atoms with E-state index >= 15 is 0 Å². The topological polar surface area (TPSA) is 88.5 Å². The van der Waals surface area contributed by atoms with Gasteiger partial charge in [0.2, 0.25) is 0 Å². The smallest absolute Gasteiger partial charge is 0.271 e. The number of aryl methyl sites for hydroxylation is 1. The highest BCUT2D eigenvalue weighted by molar-refractivity contribution is 5.48. The van der Waals surface area contributed by atoms with E-state index in [1.54, 1.807) is 18.2 Å². The predicted molar refractivity (Wildman–Crippen MR) is 113 cm³/mol. The van der Waals surface area contributed by atoms with E-state index in [0.29, 0.717) is 0 Å². The first kappa shape index (κ1) is 18.8. The van der Waals surface area contributed by atoms with Gasteiger partial charge in [-0.3, -0.25) is 9.89 Å². The van der Waals surface area contributed by atoms with Crippen LogP contribution in [0.3, 0.4) is 0 Å². The lowest BCUT2D eigenvalue weighted by Crippen LogP contribution is -2.12. The monoisotopic (exact) mass is 371 g/mol. The standard InChI is InChI=1S/C12H11N3.C10H10N2O/c13-10-6-8-12(9-7-10)15-14-11-4-2-1-3-5-11;1-8-7-10(13)12(11-8)9-5-3-2-4-6-9/h1-9H,13H2;2-7,11H,1H3. The van der Waals surface area contributed by atoms with Crippen LogP contribution in [-0.2, 0) is 0 Å². The van der Waals surface area contributed by atoms with Gasteiger partial charge in [-0.2, -0.15) is 10.2 Å². The van der Waals surface area contributed by atoms with Crippen LogP contribution in [-0.4, -0.2) is 9.78 Å². The fourth-order valence-electron chi connectivity index (χ4n) is 2.43. The Hall–Kier alpha value is -3.93. The van der Waals surface area contributed by atoms with E-state index in [0.717, 1.165) is 28.4 Å². The second-order valence-corrected chi connectivity index (χ2v) is 6.08. The van der Waals surface area contributed by atoms with Gasteiger partial charge in [0.25, 0.3) is 5.56 Å². The third-order valence-electron chi connectivity index (χ3n) is 3.79. The normalized spacial score (nSPS) is 10.5. The van der Waals surface area contributed by atoms with Gasteiger partial charge in [-0.15, -0.1) is 0 Å². The van der Waals surface area contributed by atoms with E-state index < -0.39 is 0 Å². The molecule has 0 amide bonds. The van der Waals surface area contributed by atoms with Gasteiger partial charge in [-0.05, 0) is 55.5 Å². The molecule has 0 saturated heterocycles. The van der Waals surface area contributed by atoms with Crippen molar-refractivity contribution >= 4 is 17.1 Å². The summed E-state index contributed by atoms with van der Waals surface area (Å²) >= 11 is 0. The molecule has 0 saturated carbocycles. The highest BCUT2D eigenvalue weighted by Gasteiger charge is 2.00. The molecule has 28 heavy (non-hydrogen) atoms. The predicted octanol–water partition coefficient (Wildman–Crippen LogP) is 5.16. The zero-order valence-electron chi connectivity index (χ0n) is 15.5. The molecule has 140 valence electrons. The maximum atomic E-state index is 11.4. The Bertz CT molecular complexity index is 1080. The maximum Gasteiger partial charge on any atom is 0.271 e. The summed E-state index contributed by atoms with van der Waals surface area (Å²) in [4.78, 5) is 11.4. The van der Waals surface area contributed by atoms with Crippen molar-refractivity contribution in [2.45, 2.75) is 6.92 Å². The van der Waals surface area contributed by atoms with Gasteiger partial charge in [-0.1, -0.05) is 36.4 Å². The van der Waals surface area contributed by atoms with E-state index in [4.69, 9.17) is 5.73 Å². The quantitative estimate of drug-likeness (QED) is 0.385. The first-order chi connectivity index (χ1) is 13.6. The third kappa shape index (κ3) is 5.28. The van der Waals surface area contributed by atoms with Crippen molar-refractivity contribution in [2.75, 3.05) is 5.73 Å². The van der Waals surface area contributed by atoms with Crippen molar-refractivity contribution in [2.24, 2.45) is 10.2 Å². The Morgan fingerprint density at radius 2 is 1.32 bits per heavy atom. The van der Waals surface area contributed by atoms with Crippen LogP contribution in [0.5, 0.6) is 0 Å². The minimum Gasteiger partial charge on any atom is -0.399 e. The summed E-state index contributed by atoms with van der Waals surface area (Å²) in [6.07, 6.45) is 0. The van der Waals surface area contributed by atoms with Crippen LogP contribution in [0, 0.1) is 6.92 Å². The largest absolute Gasteiger partial charge is 0.399 e. The number of aromatic amines is 1. The Morgan fingerprint density at radius 3 is 1.86 bits per heavy atom. The second kappa shape index (κ2) is 9.14. The van der Waals surface area contributed by atoms with Crippen molar-refractivity contribution in [1.29, 1.82) is 0 Å². The van der Waals surface area contributed by atoms with Crippen molar-refractivity contribution in [3.05, 3.63) is 107 Å². The molecule has 0 aliphatic carbocycles. The number of anilines is 1. The Morgan fingerprint density at radius 1 is 0.786 bits per heavy atom. The summed E-state index contributed by atoms with van der Waals surface area (Å²) in [5, 5.41) is 11.1. The molecular weight excluding hydrogens is 350 g/mol. The average Bonchev–Trinajstić information content (AvgIpc) is 3.07. The number of azo groups is 1. The molecule has 0 aliphatic rings. The summed E-state index contributed by atoms with van der Waals surface area (Å²) in [7, 11) is 0. The van der Waals surface area contributed by atoms with Gasteiger partial charge in [-0.25, -0.2) is 4.68 Å². The molecule has 6 heteroatoms. The number of H-pyrrole nitrogens is 1. The molecule has 0 fully saturated rings. The summed E-state index contributed by atoms with van der Waals surface area (Å²) < 4.78 is 1.52. The number of benzene rings is 3. The summed E-state index contributed by atoms with van der Waals surface area (Å²) in [6.45, 7) is 1.86. The van der Waals surface area contributed by atoms with E-state index in [9.17, 15) is 4.79 Å². The van der Waals surface area contributed by atoms with Crippen LogP contribution < -0.4 is 11.3 Å². The minimum absolute atomic E-state index is 0.0244. The lowest BCUT2D eigenvalue weighted by atomic mass is 10.3. The number of nitrogens with one attached hydrogen (secondary N) is 1. The lowest BCUT2D eigenvalue weighted by molar-refractivity contribution is 0.835. The fourth-order valence-corrected chi connectivity index (χ4v) is 2.43. The summed E-state index contributed by atoms with van der Waals surface area (Å²) in [6, 6.07) is 28.0. The molecule has 3 aromatic carbocycles. The van der Waals surface area contributed by atoms with E-state index in [-0.39, 0.29) is 5.56 Å². The van der Waals surface area contributed by atoms with Gasteiger partial charge in [0.05, 0.1) is 17.1 Å². The molecule has 1 aromatic heterocycles. The van der Waals surface area contributed by atoms with Crippen LogP contribution in [0.25, 0.3) is 5.69 Å². The average molecular weight is 371 g/mol. The molecule has 0 unspecified atom stereocenters. The molecule has 0 atom stereocenters. The van der Waals surface area contributed by atoms with Gasteiger partial charge in [0.15, 0.2) is 0 Å². The molecule has 4 rings (SSSR count). The highest BCUT2D eigenvalue weighted by atomic mass is 16.1. The Kier molecular flexibility index (Phi) is 6.15. The van der Waals surface area contributed by atoms with Crippen LogP contribution >= 0.6 is 0 Å². The summed E-state index contributed by atoms with van der Waals surface area (Å²) in [5.41, 5.74) is 9.64. The number of hydrogen-bond donors (Lipinski definition) is 2. The number of para-hydroxylation sites is 1. The van der Waals surface area contributed by atoms with Crippen LogP contribution in [0.2, 0.25) is 0 Å². The number of nitrogens with two attached hydrogens (primary N) is 1. The number of aromatic nitrogens is 2. The Balaban J connectivity index is 0.000000162.